The van der Waals surface area contributed by atoms with E-state index >= 15 is 0 Å². The largest absolute Gasteiger partial charge is 0.384 e. The average Bonchev–Trinajstić information content (AvgIpc) is 2.87. The molecule has 20 heavy (non-hydrogen) atoms. The highest BCUT2D eigenvalue weighted by Crippen LogP contribution is 2.31. The third-order valence-corrected chi connectivity index (χ3v) is 3.11. The normalized spacial score (nSPS) is 10.7. The molecule has 1 aromatic heterocycles. The lowest BCUT2D eigenvalue weighted by molar-refractivity contribution is 0.616. The molecule has 1 heterocycles. The first-order valence-corrected chi connectivity index (χ1v) is 6.00. The van der Waals surface area contributed by atoms with E-state index in [2.05, 4.69) is 10.2 Å². The molecule has 0 aliphatic heterocycles. The second kappa shape index (κ2) is 4.77. The van der Waals surface area contributed by atoms with Crippen LogP contribution in [0.25, 0.3) is 22.3 Å². The van der Waals surface area contributed by atoms with Crippen LogP contribution in [0.1, 0.15) is 0 Å². The maximum Gasteiger partial charge on any atom is 0.131 e. The number of nitrogens with zero attached hydrogens (tertiary/aromatic N) is 1. The maximum atomic E-state index is 14.0. The lowest BCUT2D eigenvalue weighted by Gasteiger charge is -2.07. The van der Waals surface area contributed by atoms with Crippen LogP contribution in [0.15, 0.2) is 48.7 Å². The van der Waals surface area contributed by atoms with Gasteiger partial charge in [-0.3, -0.25) is 5.10 Å². The summed E-state index contributed by atoms with van der Waals surface area (Å²) in [5, 5.41) is 6.43. The van der Waals surface area contributed by atoms with E-state index in [0.717, 1.165) is 0 Å². The van der Waals surface area contributed by atoms with Crippen LogP contribution in [0.5, 0.6) is 0 Å². The minimum atomic E-state index is -0.485. The highest BCUT2D eigenvalue weighted by Gasteiger charge is 2.12. The molecule has 100 valence electrons. The van der Waals surface area contributed by atoms with E-state index in [9.17, 15) is 8.78 Å². The Morgan fingerprint density at radius 2 is 1.65 bits per heavy atom. The average molecular weight is 271 g/mol. The zero-order chi connectivity index (χ0) is 14.1. The Bertz CT molecular complexity index is 765. The van der Waals surface area contributed by atoms with Gasteiger partial charge in [-0.15, -0.1) is 0 Å². The van der Waals surface area contributed by atoms with Gasteiger partial charge in [0, 0.05) is 16.7 Å². The quantitative estimate of drug-likeness (QED) is 0.748. The van der Waals surface area contributed by atoms with Crippen LogP contribution in [0.3, 0.4) is 0 Å². The van der Waals surface area contributed by atoms with Crippen molar-refractivity contribution in [2.24, 2.45) is 0 Å². The summed E-state index contributed by atoms with van der Waals surface area (Å²) in [6.07, 6.45) is 1.55. The number of hydrogen-bond acceptors (Lipinski definition) is 2. The summed E-state index contributed by atoms with van der Waals surface area (Å²) in [5.74, 6) is -0.569. The van der Waals surface area contributed by atoms with Crippen molar-refractivity contribution in [1.82, 2.24) is 10.2 Å². The Balaban J connectivity index is 2.18. The van der Waals surface area contributed by atoms with Crippen LogP contribution < -0.4 is 5.73 Å². The molecule has 0 saturated carbocycles. The zero-order valence-electron chi connectivity index (χ0n) is 10.4. The molecule has 0 fully saturated rings. The van der Waals surface area contributed by atoms with Crippen LogP contribution in [0, 0.1) is 11.6 Å². The molecule has 0 aliphatic carbocycles. The predicted molar refractivity (Wildman–Crippen MR) is 73.8 cm³/mol. The van der Waals surface area contributed by atoms with Gasteiger partial charge in [0.15, 0.2) is 0 Å². The Labute approximate surface area is 114 Å². The minimum Gasteiger partial charge on any atom is -0.384 e. The third kappa shape index (κ3) is 2.03. The van der Waals surface area contributed by atoms with Gasteiger partial charge in [-0.2, -0.15) is 5.10 Å². The summed E-state index contributed by atoms with van der Waals surface area (Å²) in [6.45, 7) is 0. The lowest BCUT2D eigenvalue weighted by Crippen LogP contribution is -1.91. The number of rotatable bonds is 2. The topological polar surface area (TPSA) is 54.7 Å². The SMILES string of the molecule is Nc1[nH]ncc1-c1ccc(F)c(-c2ccccc2F)c1. The van der Waals surface area contributed by atoms with Gasteiger partial charge < -0.3 is 5.73 Å². The molecule has 0 aliphatic rings. The third-order valence-electron chi connectivity index (χ3n) is 3.11. The minimum absolute atomic E-state index is 0.196. The van der Waals surface area contributed by atoms with Crippen molar-refractivity contribution in [2.45, 2.75) is 0 Å². The Morgan fingerprint density at radius 1 is 0.900 bits per heavy atom. The summed E-state index contributed by atoms with van der Waals surface area (Å²) in [5.41, 5.74) is 7.49. The molecule has 0 bridgehead atoms. The fourth-order valence-corrected chi connectivity index (χ4v) is 2.11. The number of aromatic nitrogens is 2. The maximum absolute atomic E-state index is 14.0. The van der Waals surface area contributed by atoms with E-state index in [1.807, 2.05) is 0 Å². The van der Waals surface area contributed by atoms with E-state index in [0.29, 0.717) is 16.9 Å². The van der Waals surface area contributed by atoms with Gasteiger partial charge in [-0.25, -0.2) is 8.78 Å². The fourth-order valence-electron chi connectivity index (χ4n) is 2.11. The molecule has 3 aromatic rings. The standard InChI is InChI=1S/C15H11F2N3/c16-13-4-2-1-3-10(13)11-7-9(5-6-14(11)17)12-8-19-20-15(12)18/h1-8H,(H3,18,19,20). The van der Waals surface area contributed by atoms with Crippen molar-refractivity contribution in [1.29, 1.82) is 0 Å². The van der Waals surface area contributed by atoms with E-state index in [1.165, 1.54) is 18.2 Å². The molecule has 0 amide bonds. The summed E-state index contributed by atoms with van der Waals surface area (Å²) in [4.78, 5) is 0. The molecular formula is C15H11F2N3. The number of benzene rings is 2. The van der Waals surface area contributed by atoms with Crippen molar-refractivity contribution in [2.75, 3.05) is 5.73 Å². The van der Waals surface area contributed by atoms with Crippen LogP contribution >= 0.6 is 0 Å². The summed E-state index contributed by atoms with van der Waals surface area (Å²) < 4.78 is 27.8. The van der Waals surface area contributed by atoms with Crippen molar-refractivity contribution in [3.8, 4) is 22.3 Å². The van der Waals surface area contributed by atoms with Crippen molar-refractivity contribution in [3.05, 3.63) is 60.3 Å². The van der Waals surface area contributed by atoms with Gasteiger partial charge in [-0.05, 0) is 23.8 Å². The highest BCUT2D eigenvalue weighted by molar-refractivity contribution is 5.78. The number of nitrogen functional groups attached to an aromatic ring is 1. The Morgan fingerprint density at radius 3 is 2.35 bits per heavy atom. The summed E-state index contributed by atoms with van der Waals surface area (Å²) in [7, 11) is 0. The van der Waals surface area contributed by atoms with E-state index in [1.54, 1.807) is 30.5 Å². The molecule has 0 spiro atoms. The number of anilines is 1. The van der Waals surface area contributed by atoms with Crippen LogP contribution in [0.4, 0.5) is 14.6 Å². The van der Waals surface area contributed by atoms with Gasteiger partial charge >= 0.3 is 0 Å². The number of nitrogens with two attached hydrogens (primary N) is 1. The first-order valence-electron chi connectivity index (χ1n) is 6.00. The number of nitrogens with one attached hydrogen (secondary N) is 1. The number of halogens is 2. The molecule has 0 radical (unpaired) electrons. The van der Waals surface area contributed by atoms with Gasteiger partial charge in [-0.1, -0.05) is 24.3 Å². The molecular weight excluding hydrogens is 260 g/mol. The van der Waals surface area contributed by atoms with Crippen molar-refractivity contribution >= 4 is 5.82 Å². The molecule has 3 rings (SSSR count). The molecule has 0 atom stereocenters. The molecule has 2 aromatic carbocycles. The Kier molecular flexibility index (Phi) is 2.95. The molecule has 3 N–H and O–H groups in total. The van der Waals surface area contributed by atoms with Crippen LogP contribution in [0.2, 0.25) is 0 Å². The first kappa shape index (κ1) is 12.3. The number of hydrogen-bond donors (Lipinski definition) is 2. The van der Waals surface area contributed by atoms with Crippen molar-refractivity contribution < 1.29 is 8.78 Å². The van der Waals surface area contributed by atoms with Crippen molar-refractivity contribution in [3.63, 3.8) is 0 Å². The molecule has 3 nitrogen and oxygen atoms in total. The second-order valence-electron chi connectivity index (χ2n) is 4.37. The molecule has 5 heteroatoms. The van der Waals surface area contributed by atoms with E-state index in [4.69, 9.17) is 5.73 Å². The smallest absolute Gasteiger partial charge is 0.131 e. The zero-order valence-corrected chi connectivity index (χ0v) is 10.4. The summed E-state index contributed by atoms with van der Waals surface area (Å²) in [6, 6.07) is 10.5. The fraction of sp³-hybridized carbons (Fsp3) is 0. The number of aromatic amines is 1. The predicted octanol–water partition coefficient (Wildman–Crippen LogP) is 3.60. The highest BCUT2D eigenvalue weighted by atomic mass is 19.1. The first-order chi connectivity index (χ1) is 9.66. The molecule has 0 saturated heterocycles. The monoisotopic (exact) mass is 271 g/mol. The van der Waals surface area contributed by atoms with Gasteiger partial charge in [0.05, 0.1) is 6.20 Å². The van der Waals surface area contributed by atoms with Crippen LogP contribution in [-0.4, -0.2) is 10.2 Å². The summed E-state index contributed by atoms with van der Waals surface area (Å²) >= 11 is 0. The van der Waals surface area contributed by atoms with Gasteiger partial charge in [0.1, 0.15) is 17.5 Å². The van der Waals surface area contributed by atoms with E-state index < -0.39 is 11.6 Å². The van der Waals surface area contributed by atoms with Crippen LogP contribution in [-0.2, 0) is 0 Å². The Hall–Kier alpha value is -2.69. The number of H-pyrrole nitrogens is 1. The second-order valence-corrected chi connectivity index (χ2v) is 4.37. The van der Waals surface area contributed by atoms with Gasteiger partial charge in [0.2, 0.25) is 0 Å². The molecule has 0 unspecified atom stereocenters. The lowest BCUT2D eigenvalue weighted by atomic mass is 9.99. The van der Waals surface area contributed by atoms with E-state index in [-0.39, 0.29) is 11.1 Å². The van der Waals surface area contributed by atoms with Gasteiger partial charge in [0.25, 0.3) is 0 Å².